The molecule has 2 rings (SSSR count). The number of aliphatic hydroxyl groups excluding tert-OH is 1. The maximum atomic E-state index is 11.8. The Balaban J connectivity index is 1.82. The number of carbonyl (C=O) groups is 3. The Morgan fingerprint density at radius 1 is 1.43 bits per heavy atom. The van der Waals surface area contributed by atoms with Crippen LogP contribution < -0.4 is 5.32 Å². The number of urea groups is 1. The fourth-order valence-electron chi connectivity index (χ4n) is 2.07. The van der Waals surface area contributed by atoms with E-state index in [1.807, 2.05) is 0 Å². The Kier molecular flexibility index (Phi) is 4.27. The molecule has 1 aliphatic heterocycles. The monoisotopic (exact) mass is 294 g/mol. The van der Waals surface area contributed by atoms with Gasteiger partial charge in [0.05, 0.1) is 18.2 Å². The number of aliphatic hydroxyl groups is 1. The molecule has 0 spiro atoms. The first kappa shape index (κ1) is 15.0. The van der Waals surface area contributed by atoms with Crippen LogP contribution in [-0.4, -0.2) is 70.1 Å². The standard InChI is InChI=1S/C13H18N4O4/c1-15-4-3-9(6-15)12(20)14-5-10(18)7-17-11(19)8-16(2)13(17)21/h3-4,6,10,18H,5,7-8H2,1-2H3,(H,14,20)/t10-/m1/s1. The van der Waals surface area contributed by atoms with E-state index in [0.717, 1.165) is 4.90 Å². The van der Waals surface area contributed by atoms with E-state index in [-0.39, 0.29) is 31.4 Å². The molecule has 8 heteroatoms. The van der Waals surface area contributed by atoms with Crippen molar-refractivity contribution < 1.29 is 19.5 Å². The number of hydrogen-bond donors (Lipinski definition) is 2. The highest BCUT2D eigenvalue weighted by Crippen LogP contribution is 2.08. The van der Waals surface area contributed by atoms with Crippen molar-refractivity contribution in [2.45, 2.75) is 6.10 Å². The van der Waals surface area contributed by atoms with Crippen LogP contribution in [0.2, 0.25) is 0 Å². The number of nitrogens with zero attached hydrogens (tertiary/aromatic N) is 3. The SMILES string of the molecule is CN1CC(=O)N(C[C@H](O)CNC(=O)c2ccn(C)c2)C1=O. The molecule has 21 heavy (non-hydrogen) atoms. The van der Waals surface area contributed by atoms with Gasteiger partial charge >= 0.3 is 6.03 Å². The van der Waals surface area contributed by atoms with Crippen LogP contribution in [0.5, 0.6) is 0 Å². The molecule has 0 saturated carbocycles. The zero-order valence-corrected chi connectivity index (χ0v) is 11.9. The van der Waals surface area contributed by atoms with Crippen LogP contribution in [0.1, 0.15) is 10.4 Å². The van der Waals surface area contributed by atoms with Crippen LogP contribution in [-0.2, 0) is 11.8 Å². The summed E-state index contributed by atoms with van der Waals surface area (Å²) in [6.07, 6.45) is 2.39. The van der Waals surface area contributed by atoms with Gasteiger partial charge in [-0.05, 0) is 6.07 Å². The second-order valence-corrected chi connectivity index (χ2v) is 5.07. The molecule has 2 heterocycles. The summed E-state index contributed by atoms with van der Waals surface area (Å²) < 4.78 is 1.74. The average Bonchev–Trinajstić information content (AvgIpc) is 2.96. The molecular formula is C13H18N4O4. The summed E-state index contributed by atoms with van der Waals surface area (Å²) >= 11 is 0. The predicted molar refractivity (Wildman–Crippen MR) is 73.5 cm³/mol. The molecule has 1 saturated heterocycles. The summed E-state index contributed by atoms with van der Waals surface area (Å²) in [5, 5.41) is 12.4. The maximum Gasteiger partial charge on any atom is 0.327 e. The Bertz CT molecular complexity index is 568. The summed E-state index contributed by atoms with van der Waals surface area (Å²) in [7, 11) is 3.32. The van der Waals surface area contributed by atoms with Crippen molar-refractivity contribution in [3.63, 3.8) is 0 Å². The third-order valence-corrected chi connectivity index (χ3v) is 3.22. The van der Waals surface area contributed by atoms with E-state index in [0.29, 0.717) is 5.56 Å². The smallest absolute Gasteiger partial charge is 0.327 e. The second-order valence-electron chi connectivity index (χ2n) is 5.07. The third-order valence-electron chi connectivity index (χ3n) is 3.22. The van der Waals surface area contributed by atoms with Gasteiger partial charge < -0.3 is 19.9 Å². The van der Waals surface area contributed by atoms with Crippen molar-refractivity contribution in [1.29, 1.82) is 0 Å². The Morgan fingerprint density at radius 2 is 2.14 bits per heavy atom. The largest absolute Gasteiger partial charge is 0.389 e. The van der Waals surface area contributed by atoms with E-state index in [1.165, 1.54) is 11.9 Å². The fourth-order valence-corrected chi connectivity index (χ4v) is 2.07. The minimum absolute atomic E-state index is 0.0158. The van der Waals surface area contributed by atoms with Gasteiger partial charge in [-0.15, -0.1) is 0 Å². The first-order chi connectivity index (χ1) is 9.88. The normalized spacial score (nSPS) is 16.5. The van der Waals surface area contributed by atoms with Gasteiger partial charge in [-0.2, -0.15) is 0 Å². The number of aromatic nitrogens is 1. The van der Waals surface area contributed by atoms with Crippen molar-refractivity contribution in [2.75, 3.05) is 26.7 Å². The highest BCUT2D eigenvalue weighted by atomic mass is 16.3. The van der Waals surface area contributed by atoms with Crippen molar-refractivity contribution in [3.8, 4) is 0 Å². The van der Waals surface area contributed by atoms with E-state index in [4.69, 9.17) is 0 Å². The Hall–Kier alpha value is -2.35. The quantitative estimate of drug-likeness (QED) is 0.682. The van der Waals surface area contributed by atoms with Gasteiger partial charge in [0.2, 0.25) is 5.91 Å². The molecule has 4 amide bonds. The molecular weight excluding hydrogens is 276 g/mol. The number of nitrogens with one attached hydrogen (secondary N) is 1. The Morgan fingerprint density at radius 3 is 2.67 bits per heavy atom. The van der Waals surface area contributed by atoms with E-state index in [9.17, 15) is 19.5 Å². The van der Waals surface area contributed by atoms with Gasteiger partial charge in [0.15, 0.2) is 0 Å². The molecule has 8 nitrogen and oxygen atoms in total. The number of rotatable bonds is 5. The zero-order valence-electron chi connectivity index (χ0n) is 11.9. The van der Waals surface area contributed by atoms with Gasteiger partial charge in [-0.1, -0.05) is 0 Å². The molecule has 114 valence electrons. The lowest BCUT2D eigenvalue weighted by molar-refractivity contribution is -0.126. The molecule has 0 unspecified atom stereocenters. The van der Waals surface area contributed by atoms with E-state index in [1.54, 1.807) is 30.1 Å². The minimum Gasteiger partial charge on any atom is -0.389 e. The van der Waals surface area contributed by atoms with E-state index < -0.39 is 12.1 Å². The molecule has 0 aromatic carbocycles. The molecule has 0 bridgehead atoms. The molecule has 1 aliphatic rings. The zero-order chi connectivity index (χ0) is 15.6. The van der Waals surface area contributed by atoms with Crippen molar-refractivity contribution >= 4 is 17.8 Å². The lowest BCUT2D eigenvalue weighted by Gasteiger charge is -2.18. The summed E-state index contributed by atoms with van der Waals surface area (Å²) in [5.74, 6) is -0.665. The first-order valence-corrected chi connectivity index (χ1v) is 6.52. The number of β-amino-alcohol motifs (C(OH)–C–C–N with tert-alkyl or cyclic N) is 1. The van der Waals surface area contributed by atoms with Gasteiger partial charge in [0.1, 0.15) is 6.54 Å². The van der Waals surface area contributed by atoms with Gasteiger partial charge in [-0.25, -0.2) is 4.79 Å². The summed E-state index contributed by atoms with van der Waals surface area (Å²) in [6, 6.07) is 1.22. The van der Waals surface area contributed by atoms with Crippen molar-refractivity contribution in [3.05, 3.63) is 24.0 Å². The van der Waals surface area contributed by atoms with Crippen LogP contribution in [0.3, 0.4) is 0 Å². The molecule has 1 fully saturated rings. The van der Waals surface area contributed by atoms with Crippen LogP contribution >= 0.6 is 0 Å². The maximum absolute atomic E-state index is 11.8. The second kappa shape index (κ2) is 5.96. The predicted octanol–water partition coefficient (Wildman–Crippen LogP) is -0.990. The summed E-state index contributed by atoms with van der Waals surface area (Å²) in [6.45, 7) is -0.145. The van der Waals surface area contributed by atoms with Gasteiger partial charge in [0, 0.05) is 33.0 Å². The highest BCUT2D eigenvalue weighted by Gasteiger charge is 2.34. The lowest BCUT2D eigenvalue weighted by atomic mass is 10.3. The van der Waals surface area contributed by atoms with E-state index in [2.05, 4.69) is 5.32 Å². The molecule has 1 aromatic heterocycles. The molecule has 0 radical (unpaired) electrons. The number of likely N-dealkylation sites (N-methyl/N-ethyl adjacent to an activating group) is 1. The average molecular weight is 294 g/mol. The van der Waals surface area contributed by atoms with E-state index >= 15 is 0 Å². The van der Waals surface area contributed by atoms with Gasteiger partial charge in [-0.3, -0.25) is 14.5 Å². The number of hydrogen-bond acceptors (Lipinski definition) is 4. The number of aryl methyl sites for hydroxylation is 1. The molecule has 1 atom stereocenters. The van der Waals surface area contributed by atoms with Crippen LogP contribution in [0.4, 0.5) is 4.79 Å². The summed E-state index contributed by atoms with van der Waals surface area (Å²) in [4.78, 5) is 37.2. The number of imide groups is 1. The van der Waals surface area contributed by atoms with Crippen molar-refractivity contribution in [1.82, 2.24) is 19.7 Å². The topological polar surface area (TPSA) is 94.9 Å². The minimum atomic E-state index is -1.00. The number of carbonyl (C=O) groups excluding carboxylic acids is 3. The van der Waals surface area contributed by atoms with Crippen LogP contribution in [0, 0.1) is 0 Å². The molecule has 1 aromatic rings. The fraction of sp³-hybridized carbons (Fsp3) is 0.462. The summed E-state index contributed by atoms with van der Waals surface area (Å²) in [5.41, 5.74) is 0.484. The lowest BCUT2D eigenvalue weighted by Crippen LogP contribution is -2.43. The third kappa shape index (κ3) is 3.40. The first-order valence-electron chi connectivity index (χ1n) is 6.52. The van der Waals surface area contributed by atoms with Crippen LogP contribution in [0.25, 0.3) is 0 Å². The number of amides is 4. The highest BCUT2D eigenvalue weighted by molar-refractivity contribution is 6.01. The van der Waals surface area contributed by atoms with Crippen molar-refractivity contribution in [2.24, 2.45) is 7.05 Å². The molecule has 2 N–H and O–H groups in total. The molecule has 0 aliphatic carbocycles. The van der Waals surface area contributed by atoms with Gasteiger partial charge in [0.25, 0.3) is 5.91 Å². The van der Waals surface area contributed by atoms with Crippen LogP contribution in [0.15, 0.2) is 18.5 Å². The Labute approximate surface area is 121 Å².